The first-order valence-corrected chi connectivity index (χ1v) is 8.62. The van der Waals surface area contributed by atoms with E-state index < -0.39 is 9.84 Å². The highest BCUT2D eigenvalue weighted by atomic mass is 32.2. The van der Waals surface area contributed by atoms with Crippen molar-refractivity contribution in [2.75, 3.05) is 5.75 Å². The van der Waals surface area contributed by atoms with Crippen LogP contribution in [0.4, 0.5) is 0 Å². The smallest absolute Gasteiger partial charge is 0.178 e. The van der Waals surface area contributed by atoms with Crippen LogP contribution in [0.3, 0.4) is 0 Å². The predicted molar refractivity (Wildman–Crippen MR) is 84.0 cm³/mol. The Balaban J connectivity index is 2.05. The van der Waals surface area contributed by atoms with Crippen molar-refractivity contribution >= 4 is 9.84 Å². The summed E-state index contributed by atoms with van der Waals surface area (Å²) in [5.41, 5.74) is 2.04. The van der Waals surface area contributed by atoms with E-state index in [1.807, 2.05) is 35.8 Å². The van der Waals surface area contributed by atoms with Gasteiger partial charge in [-0.05, 0) is 49.7 Å². The number of hydroxylamine groups is 1. The average molecular weight is 321 g/mol. The number of benzene rings is 2. The highest BCUT2D eigenvalue weighted by Crippen LogP contribution is 2.23. The van der Waals surface area contributed by atoms with Gasteiger partial charge < -0.3 is 9.94 Å². The van der Waals surface area contributed by atoms with Gasteiger partial charge in [-0.2, -0.15) is 0 Å². The van der Waals surface area contributed by atoms with Gasteiger partial charge in [-0.3, -0.25) is 0 Å². The van der Waals surface area contributed by atoms with Crippen LogP contribution in [-0.2, 0) is 9.84 Å². The van der Waals surface area contributed by atoms with Gasteiger partial charge in [-0.1, -0.05) is 18.2 Å². The lowest BCUT2D eigenvalue weighted by atomic mass is 10.3. The first-order chi connectivity index (χ1) is 10.5. The Morgan fingerprint density at radius 3 is 2.23 bits per heavy atom. The molecule has 2 aromatic carbocycles. The number of rotatable bonds is 7. The molecule has 0 aliphatic rings. The van der Waals surface area contributed by atoms with Crippen molar-refractivity contribution in [2.24, 2.45) is 0 Å². The topological polar surface area (TPSA) is 75.6 Å². The molecule has 0 saturated carbocycles. The van der Waals surface area contributed by atoms with Crippen LogP contribution in [0.25, 0.3) is 0 Å². The summed E-state index contributed by atoms with van der Waals surface area (Å²) >= 11 is 0. The van der Waals surface area contributed by atoms with Gasteiger partial charge in [0.2, 0.25) is 0 Å². The lowest BCUT2D eigenvalue weighted by Gasteiger charge is -2.10. The van der Waals surface area contributed by atoms with Crippen LogP contribution in [-0.4, -0.2) is 25.4 Å². The Labute approximate surface area is 130 Å². The Hall–Kier alpha value is -1.89. The van der Waals surface area contributed by atoms with Gasteiger partial charge in [0.15, 0.2) is 9.84 Å². The van der Waals surface area contributed by atoms with E-state index in [0.717, 1.165) is 0 Å². The number of ether oxygens (including phenoxy) is 1. The van der Waals surface area contributed by atoms with Crippen molar-refractivity contribution in [2.45, 2.75) is 24.3 Å². The molecule has 2 aromatic rings. The van der Waals surface area contributed by atoms with Crippen molar-refractivity contribution in [3.63, 3.8) is 0 Å². The standard InChI is InChI=1S/C16H19NO4S/c1-13(17-18)11-12-22(19,20)16-9-7-15(8-10-16)21-14-5-3-2-4-6-14/h2-10,13,17-18H,11-12H2,1H3. The summed E-state index contributed by atoms with van der Waals surface area (Å²) in [6.45, 7) is 1.71. The van der Waals surface area contributed by atoms with Crippen molar-refractivity contribution in [3.8, 4) is 11.5 Å². The van der Waals surface area contributed by atoms with Gasteiger partial charge in [0.25, 0.3) is 0 Å². The second kappa shape index (κ2) is 7.40. The molecule has 0 amide bonds. The van der Waals surface area contributed by atoms with E-state index in [2.05, 4.69) is 0 Å². The summed E-state index contributed by atoms with van der Waals surface area (Å²) in [6.07, 6.45) is 0.334. The fourth-order valence-corrected chi connectivity index (χ4v) is 3.30. The van der Waals surface area contributed by atoms with E-state index in [4.69, 9.17) is 9.94 Å². The fourth-order valence-electron chi connectivity index (χ4n) is 1.85. The molecule has 6 heteroatoms. The zero-order valence-corrected chi connectivity index (χ0v) is 13.1. The van der Waals surface area contributed by atoms with E-state index in [0.29, 0.717) is 17.9 Å². The van der Waals surface area contributed by atoms with Crippen molar-refractivity contribution in [1.82, 2.24) is 5.48 Å². The molecule has 2 rings (SSSR count). The largest absolute Gasteiger partial charge is 0.457 e. The zero-order chi connectivity index (χ0) is 16.0. The van der Waals surface area contributed by atoms with Crippen LogP contribution in [0.5, 0.6) is 11.5 Å². The normalized spacial score (nSPS) is 12.8. The van der Waals surface area contributed by atoms with Crippen LogP contribution < -0.4 is 10.2 Å². The summed E-state index contributed by atoms with van der Waals surface area (Å²) < 4.78 is 30.0. The first-order valence-electron chi connectivity index (χ1n) is 6.96. The minimum atomic E-state index is -3.36. The van der Waals surface area contributed by atoms with Gasteiger partial charge >= 0.3 is 0 Å². The Bertz CT molecular complexity index is 684. The van der Waals surface area contributed by atoms with Gasteiger partial charge in [0, 0.05) is 6.04 Å². The Morgan fingerprint density at radius 1 is 1.05 bits per heavy atom. The molecule has 0 fully saturated rings. The van der Waals surface area contributed by atoms with E-state index in [9.17, 15) is 8.42 Å². The SMILES string of the molecule is CC(CCS(=O)(=O)c1ccc(Oc2ccccc2)cc1)NO. The van der Waals surface area contributed by atoms with E-state index in [1.54, 1.807) is 19.1 Å². The Morgan fingerprint density at radius 2 is 1.64 bits per heavy atom. The predicted octanol–water partition coefficient (Wildman–Crippen LogP) is 3.01. The van der Waals surface area contributed by atoms with Gasteiger partial charge in [-0.15, -0.1) is 0 Å². The molecule has 22 heavy (non-hydrogen) atoms. The molecule has 0 aliphatic carbocycles. The molecule has 0 bridgehead atoms. The molecule has 1 atom stereocenters. The maximum absolute atomic E-state index is 12.2. The molecular formula is C16H19NO4S. The lowest BCUT2D eigenvalue weighted by molar-refractivity contribution is 0.131. The molecule has 0 heterocycles. The van der Waals surface area contributed by atoms with Gasteiger partial charge in [-0.25, -0.2) is 13.9 Å². The lowest BCUT2D eigenvalue weighted by Crippen LogP contribution is -2.25. The fraction of sp³-hybridized carbons (Fsp3) is 0.250. The summed E-state index contributed by atoms with van der Waals surface area (Å²) in [4.78, 5) is 0.248. The summed E-state index contributed by atoms with van der Waals surface area (Å²) in [5.74, 6) is 1.25. The molecule has 0 spiro atoms. The summed E-state index contributed by atoms with van der Waals surface area (Å²) in [7, 11) is -3.36. The monoisotopic (exact) mass is 321 g/mol. The number of para-hydroxylation sites is 1. The molecule has 1 unspecified atom stereocenters. The number of hydrogen-bond donors (Lipinski definition) is 2. The van der Waals surface area contributed by atoms with E-state index in [-0.39, 0.29) is 16.7 Å². The van der Waals surface area contributed by atoms with Crippen molar-refractivity contribution in [1.29, 1.82) is 0 Å². The number of nitrogens with one attached hydrogen (secondary N) is 1. The molecular weight excluding hydrogens is 302 g/mol. The summed E-state index contributed by atoms with van der Waals surface area (Å²) in [5, 5.41) is 8.72. The minimum absolute atomic E-state index is 0.0272. The third kappa shape index (κ3) is 4.56. The highest BCUT2D eigenvalue weighted by Gasteiger charge is 2.16. The second-order valence-corrected chi connectivity index (χ2v) is 7.13. The molecule has 2 N–H and O–H groups in total. The van der Waals surface area contributed by atoms with Crippen LogP contribution in [0.1, 0.15) is 13.3 Å². The average Bonchev–Trinajstić information content (AvgIpc) is 2.54. The highest BCUT2D eigenvalue weighted by molar-refractivity contribution is 7.91. The van der Waals surface area contributed by atoms with Crippen LogP contribution >= 0.6 is 0 Å². The maximum atomic E-state index is 12.2. The minimum Gasteiger partial charge on any atom is -0.457 e. The molecule has 0 radical (unpaired) electrons. The second-order valence-electron chi connectivity index (χ2n) is 5.02. The maximum Gasteiger partial charge on any atom is 0.178 e. The number of hydrogen-bond acceptors (Lipinski definition) is 5. The van der Waals surface area contributed by atoms with Crippen LogP contribution in [0.15, 0.2) is 59.5 Å². The zero-order valence-electron chi connectivity index (χ0n) is 12.3. The molecule has 5 nitrogen and oxygen atoms in total. The summed E-state index contributed by atoms with van der Waals surface area (Å²) in [6, 6.07) is 15.3. The van der Waals surface area contributed by atoms with Gasteiger partial charge in [0.05, 0.1) is 10.6 Å². The van der Waals surface area contributed by atoms with Crippen LogP contribution in [0.2, 0.25) is 0 Å². The molecule has 118 valence electrons. The Kier molecular flexibility index (Phi) is 5.54. The van der Waals surface area contributed by atoms with E-state index in [1.165, 1.54) is 12.1 Å². The third-order valence-corrected chi connectivity index (χ3v) is 4.97. The quantitative estimate of drug-likeness (QED) is 0.767. The molecule has 0 aromatic heterocycles. The molecule has 0 saturated heterocycles. The van der Waals surface area contributed by atoms with E-state index >= 15 is 0 Å². The van der Waals surface area contributed by atoms with Crippen LogP contribution in [0, 0.1) is 0 Å². The van der Waals surface area contributed by atoms with Crippen molar-refractivity contribution in [3.05, 3.63) is 54.6 Å². The third-order valence-electron chi connectivity index (χ3n) is 3.20. The molecule has 0 aliphatic heterocycles. The number of sulfone groups is 1. The van der Waals surface area contributed by atoms with Gasteiger partial charge in [0.1, 0.15) is 11.5 Å². The van der Waals surface area contributed by atoms with Crippen molar-refractivity contribution < 1.29 is 18.4 Å². The first kappa shape index (κ1) is 16.5.